The van der Waals surface area contributed by atoms with Crippen LogP contribution in [0.5, 0.6) is 0 Å². The molecule has 0 amide bonds. The van der Waals surface area contributed by atoms with Gasteiger partial charge >= 0.3 is 0 Å². The van der Waals surface area contributed by atoms with Gasteiger partial charge in [0.05, 0.1) is 5.69 Å². The Morgan fingerprint density at radius 1 is 1.33 bits per heavy atom. The molecule has 1 N–H and O–H groups in total. The summed E-state index contributed by atoms with van der Waals surface area (Å²) in [5, 5.41) is 3.66. The summed E-state index contributed by atoms with van der Waals surface area (Å²) in [5.74, 6) is 2.08. The maximum atomic E-state index is 4.67. The van der Waals surface area contributed by atoms with E-state index in [1.165, 1.54) is 44.9 Å². The minimum atomic E-state index is 0.586. The van der Waals surface area contributed by atoms with Crippen LogP contribution >= 0.6 is 0 Å². The summed E-state index contributed by atoms with van der Waals surface area (Å²) in [5.41, 5.74) is 1.14. The van der Waals surface area contributed by atoms with Crippen molar-refractivity contribution in [2.75, 3.05) is 5.32 Å². The van der Waals surface area contributed by atoms with E-state index in [0.29, 0.717) is 12.1 Å². The highest BCUT2D eigenvalue weighted by molar-refractivity contribution is 5.31. The summed E-state index contributed by atoms with van der Waals surface area (Å²) in [7, 11) is 0. The van der Waals surface area contributed by atoms with E-state index in [9.17, 15) is 0 Å². The minimum absolute atomic E-state index is 0.586. The number of imidazole rings is 1. The molecule has 100 valence electrons. The Hall–Kier alpha value is -0.990. The van der Waals surface area contributed by atoms with Gasteiger partial charge in [-0.05, 0) is 39.0 Å². The molecule has 0 saturated heterocycles. The average Bonchev–Trinajstić information content (AvgIpc) is 2.86. The highest BCUT2D eigenvalue weighted by atomic mass is 15.2. The molecule has 2 aliphatic rings. The van der Waals surface area contributed by atoms with Gasteiger partial charge in [0.25, 0.3) is 0 Å². The van der Waals surface area contributed by atoms with Gasteiger partial charge in [-0.2, -0.15) is 0 Å². The zero-order valence-electron chi connectivity index (χ0n) is 11.7. The predicted octanol–water partition coefficient (Wildman–Crippen LogP) is 3.91. The molecule has 2 saturated carbocycles. The number of hydrogen-bond donors (Lipinski definition) is 1. The predicted molar refractivity (Wildman–Crippen MR) is 74.9 cm³/mol. The molecule has 1 atom stereocenters. The molecule has 18 heavy (non-hydrogen) atoms. The third-order valence-corrected chi connectivity index (χ3v) is 4.39. The SMILES string of the molecule is Cc1cn(C(C)CC2CC2)c(NC2CCCC2)n1. The lowest BCUT2D eigenvalue weighted by atomic mass is 10.1. The van der Waals surface area contributed by atoms with E-state index in [-0.39, 0.29) is 0 Å². The van der Waals surface area contributed by atoms with E-state index in [0.717, 1.165) is 17.6 Å². The molecule has 1 heterocycles. The summed E-state index contributed by atoms with van der Waals surface area (Å²) in [6.07, 6.45) is 11.8. The Kier molecular flexibility index (Phi) is 3.31. The van der Waals surface area contributed by atoms with Crippen LogP contribution in [0.2, 0.25) is 0 Å². The van der Waals surface area contributed by atoms with Gasteiger partial charge in [0.2, 0.25) is 5.95 Å². The topological polar surface area (TPSA) is 29.9 Å². The van der Waals surface area contributed by atoms with Crippen molar-refractivity contribution in [3.63, 3.8) is 0 Å². The number of rotatable bonds is 5. The van der Waals surface area contributed by atoms with E-state index < -0.39 is 0 Å². The lowest BCUT2D eigenvalue weighted by Gasteiger charge is -2.19. The molecule has 3 nitrogen and oxygen atoms in total. The Bertz CT molecular complexity index is 400. The van der Waals surface area contributed by atoms with Crippen molar-refractivity contribution in [2.24, 2.45) is 5.92 Å². The van der Waals surface area contributed by atoms with Gasteiger partial charge in [0.1, 0.15) is 0 Å². The third-order valence-electron chi connectivity index (χ3n) is 4.39. The molecular weight excluding hydrogens is 222 g/mol. The van der Waals surface area contributed by atoms with Gasteiger partial charge < -0.3 is 9.88 Å². The molecule has 1 aromatic rings. The molecule has 1 aromatic heterocycles. The molecule has 0 aromatic carbocycles. The second kappa shape index (κ2) is 4.94. The average molecular weight is 247 g/mol. The number of anilines is 1. The first-order valence-corrected chi connectivity index (χ1v) is 7.54. The van der Waals surface area contributed by atoms with Crippen LogP contribution < -0.4 is 5.32 Å². The fourth-order valence-electron chi connectivity index (χ4n) is 3.16. The fraction of sp³-hybridized carbons (Fsp3) is 0.800. The molecule has 0 aliphatic heterocycles. The van der Waals surface area contributed by atoms with Crippen molar-refractivity contribution in [3.8, 4) is 0 Å². The van der Waals surface area contributed by atoms with Crippen LogP contribution in [0.15, 0.2) is 6.20 Å². The minimum Gasteiger partial charge on any atom is -0.353 e. The van der Waals surface area contributed by atoms with E-state index >= 15 is 0 Å². The summed E-state index contributed by atoms with van der Waals surface area (Å²) in [4.78, 5) is 4.67. The lowest BCUT2D eigenvalue weighted by Crippen LogP contribution is -2.19. The van der Waals surface area contributed by atoms with E-state index in [1.807, 2.05) is 0 Å². The molecule has 2 fully saturated rings. The zero-order valence-corrected chi connectivity index (χ0v) is 11.7. The van der Waals surface area contributed by atoms with E-state index in [2.05, 4.69) is 34.9 Å². The van der Waals surface area contributed by atoms with Crippen LogP contribution in [0.4, 0.5) is 5.95 Å². The third kappa shape index (κ3) is 2.70. The summed E-state index contributed by atoms with van der Waals surface area (Å²) in [6.45, 7) is 4.43. The Morgan fingerprint density at radius 3 is 2.72 bits per heavy atom. The van der Waals surface area contributed by atoms with Crippen molar-refractivity contribution in [3.05, 3.63) is 11.9 Å². The van der Waals surface area contributed by atoms with E-state index in [1.54, 1.807) is 0 Å². The van der Waals surface area contributed by atoms with Gasteiger partial charge in [-0.25, -0.2) is 4.98 Å². The number of hydrogen-bond acceptors (Lipinski definition) is 2. The molecule has 0 bridgehead atoms. The fourth-order valence-corrected chi connectivity index (χ4v) is 3.16. The van der Waals surface area contributed by atoms with E-state index in [4.69, 9.17) is 0 Å². The van der Waals surface area contributed by atoms with Crippen LogP contribution in [0.25, 0.3) is 0 Å². The van der Waals surface area contributed by atoms with Gasteiger partial charge in [-0.1, -0.05) is 25.7 Å². The van der Waals surface area contributed by atoms with Crippen molar-refractivity contribution in [1.82, 2.24) is 9.55 Å². The first-order valence-electron chi connectivity index (χ1n) is 7.54. The smallest absolute Gasteiger partial charge is 0.203 e. The standard InChI is InChI=1S/C15H25N3/c1-11-10-18(12(2)9-13-7-8-13)15(16-11)17-14-5-3-4-6-14/h10,12-14H,3-9H2,1-2H3,(H,16,17). The van der Waals surface area contributed by atoms with Crippen LogP contribution in [0, 0.1) is 12.8 Å². The van der Waals surface area contributed by atoms with Crippen molar-refractivity contribution in [1.29, 1.82) is 0 Å². The quantitative estimate of drug-likeness (QED) is 0.855. The van der Waals surface area contributed by atoms with Crippen molar-refractivity contribution in [2.45, 2.75) is 70.9 Å². The highest BCUT2D eigenvalue weighted by Crippen LogP contribution is 2.37. The molecule has 1 unspecified atom stereocenters. The lowest BCUT2D eigenvalue weighted by molar-refractivity contribution is 0.478. The zero-order chi connectivity index (χ0) is 12.5. The molecule has 0 spiro atoms. The second-order valence-electron chi connectivity index (χ2n) is 6.27. The summed E-state index contributed by atoms with van der Waals surface area (Å²) < 4.78 is 2.37. The maximum Gasteiger partial charge on any atom is 0.203 e. The monoisotopic (exact) mass is 247 g/mol. The molecule has 0 radical (unpaired) electrons. The van der Waals surface area contributed by atoms with Crippen LogP contribution in [0.1, 0.15) is 63.6 Å². The Balaban J connectivity index is 1.70. The van der Waals surface area contributed by atoms with Crippen LogP contribution in [0.3, 0.4) is 0 Å². The molecule has 3 heteroatoms. The van der Waals surface area contributed by atoms with Crippen molar-refractivity contribution < 1.29 is 0 Å². The largest absolute Gasteiger partial charge is 0.353 e. The summed E-state index contributed by atoms with van der Waals surface area (Å²) in [6, 6.07) is 1.24. The van der Waals surface area contributed by atoms with Gasteiger partial charge in [0, 0.05) is 18.3 Å². The Morgan fingerprint density at radius 2 is 2.06 bits per heavy atom. The van der Waals surface area contributed by atoms with Gasteiger partial charge in [0.15, 0.2) is 0 Å². The Labute approximate surface area is 110 Å². The normalized spacial score (nSPS) is 22.3. The number of nitrogens with zero attached hydrogens (tertiary/aromatic N) is 2. The van der Waals surface area contributed by atoms with Crippen molar-refractivity contribution >= 4 is 5.95 Å². The first kappa shape index (κ1) is 12.1. The number of aryl methyl sites for hydroxylation is 1. The second-order valence-corrected chi connectivity index (χ2v) is 6.27. The molecule has 2 aliphatic carbocycles. The highest BCUT2D eigenvalue weighted by Gasteiger charge is 2.26. The van der Waals surface area contributed by atoms with Crippen LogP contribution in [-0.2, 0) is 0 Å². The number of aromatic nitrogens is 2. The van der Waals surface area contributed by atoms with Gasteiger partial charge in [-0.3, -0.25) is 0 Å². The number of nitrogens with one attached hydrogen (secondary N) is 1. The van der Waals surface area contributed by atoms with Gasteiger partial charge in [-0.15, -0.1) is 0 Å². The maximum absolute atomic E-state index is 4.67. The molecule has 3 rings (SSSR count). The van der Waals surface area contributed by atoms with Crippen LogP contribution in [-0.4, -0.2) is 15.6 Å². The first-order chi connectivity index (χ1) is 8.72. The summed E-state index contributed by atoms with van der Waals surface area (Å²) >= 11 is 0. The molecular formula is C15H25N3.